The molecule has 24 heavy (non-hydrogen) atoms. The van der Waals surface area contributed by atoms with E-state index >= 15 is 0 Å². The van der Waals surface area contributed by atoms with Gasteiger partial charge in [-0.05, 0) is 40.2 Å². The van der Waals surface area contributed by atoms with Crippen molar-refractivity contribution in [2.24, 2.45) is 0 Å². The van der Waals surface area contributed by atoms with Crippen molar-refractivity contribution in [1.29, 1.82) is 0 Å². The van der Waals surface area contributed by atoms with Crippen LogP contribution in [0.15, 0.2) is 46.8 Å². The second kappa shape index (κ2) is 5.82. The smallest absolute Gasteiger partial charge is 0.351 e. The van der Waals surface area contributed by atoms with Gasteiger partial charge in [0.15, 0.2) is 0 Å². The van der Waals surface area contributed by atoms with E-state index in [1.807, 2.05) is 0 Å². The molecule has 1 aliphatic rings. The number of ketones is 2. The van der Waals surface area contributed by atoms with Crippen molar-refractivity contribution in [3.8, 4) is 0 Å². The molecule has 1 N–H and O–H groups in total. The first-order valence-electron chi connectivity index (χ1n) is 6.53. The molecule has 1 aromatic carbocycles. The Balaban J connectivity index is 1.94. The maximum atomic E-state index is 12.6. The number of nitrogens with zero attached hydrogens (tertiary/aromatic N) is 2. The van der Waals surface area contributed by atoms with Crippen molar-refractivity contribution in [3.63, 3.8) is 0 Å². The average molecular weight is 398 g/mol. The summed E-state index contributed by atoms with van der Waals surface area (Å²) in [5.41, 5.74) is -0.882. The third kappa shape index (κ3) is 2.82. The topological polar surface area (TPSA) is 72.0 Å². The summed E-state index contributed by atoms with van der Waals surface area (Å²) in [7, 11) is 0. The van der Waals surface area contributed by atoms with Crippen molar-refractivity contribution >= 4 is 33.2 Å². The predicted molar refractivity (Wildman–Crippen MR) is 81.7 cm³/mol. The number of hydrogen-bond donors (Lipinski definition) is 1. The van der Waals surface area contributed by atoms with Crippen LogP contribution in [0.4, 0.5) is 18.9 Å². The number of anilines is 1. The van der Waals surface area contributed by atoms with Crippen LogP contribution in [0.2, 0.25) is 0 Å². The van der Waals surface area contributed by atoms with E-state index in [0.717, 1.165) is 12.1 Å². The fourth-order valence-corrected chi connectivity index (χ4v) is 2.57. The lowest BCUT2D eigenvalue weighted by molar-refractivity contribution is -0.137. The summed E-state index contributed by atoms with van der Waals surface area (Å²) in [6.45, 7) is 0. The van der Waals surface area contributed by atoms with Gasteiger partial charge in [-0.15, -0.1) is 0 Å². The number of rotatable bonds is 2. The van der Waals surface area contributed by atoms with E-state index in [1.165, 1.54) is 24.5 Å². The predicted octanol–water partition coefficient (Wildman–Crippen LogP) is 3.59. The van der Waals surface area contributed by atoms with Gasteiger partial charge in [-0.3, -0.25) is 9.59 Å². The molecule has 1 aromatic heterocycles. The Morgan fingerprint density at radius 1 is 0.917 bits per heavy atom. The van der Waals surface area contributed by atoms with Crippen LogP contribution in [-0.2, 0) is 6.18 Å². The lowest BCUT2D eigenvalue weighted by atomic mass is 10.0. The van der Waals surface area contributed by atoms with Gasteiger partial charge >= 0.3 is 6.18 Å². The van der Waals surface area contributed by atoms with Gasteiger partial charge in [-0.25, -0.2) is 9.97 Å². The molecule has 0 amide bonds. The van der Waals surface area contributed by atoms with Crippen LogP contribution in [0.1, 0.15) is 26.5 Å². The molecule has 0 unspecified atom stereocenters. The first-order valence-corrected chi connectivity index (χ1v) is 7.33. The fraction of sp³-hybridized carbons (Fsp3) is 0.0667. The van der Waals surface area contributed by atoms with Crippen LogP contribution in [0.5, 0.6) is 0 Å². The highest BCUT2D eigenvalue weighted by Crippen LogP contribution is 2.31. The van der Waals surface area contributed by atoms with Crippen molar-refractivity contribution in [2.45, 2.75) is 6.18 Å². The number of benzene rings is 1. The molecule has 3 rings (SSSR count). The quantitative estimate of drug-likeness (QED) is 0.838. The van der Waals surface area contributed by atoms with Crippen LogP contribution < -0.4 is 5.32 Å². The Hall–Kier alpha value is -2.55. The number of aromatic nitrogens is 2. The van der Waals surface area contributed by atoms with Crippen LogP contribution in [0.3, 0.4) is 0 Å². The van der Waals surface area contributed by atoms with Gasteiger partial charge in [-0.2, -0.15) is 13.2 Å². The molecule has 0 fully saturated rings. The number of allylic oxidation sites excluding steroid dienone is 2. The standard InChI is InChI=1S/C15H7BrF3N3O2/c16-9-10(14(24)12-11(13(9)23)20-5-6-21-12)22-8-3-1-7(2-4-8)15(17,18)19/h1-6,22H. The molecular formula is C15H7BrF3N3O2. The minimum Gasteiger partial charge on any atom is -0.351 e. The van der Waals surface area contributed by atoms with Gasteiger partial charge in [0.2, 0.25) is 11.6 Å². The molecule has 0 saturated carbocycles. The molecule has 9 heteroatoms. The van der Waals surface area contributed by atoms with Crippen molar-refractivity contribution in [3.05, 3.63) is 63.8 Å². The highest BCUT2D eigenvalue weighted by molar-refractivity contribution is 9.12. The third-order valence-corrected chi connectivity index (χ3v) is 4.01. The molecule has 0 atom stereocenters. The lowest BCUT2D eigenvalue weighted by Gasteiger charge is -2.17. The number of carbonyl (C=O) groups is 2. The minimum atomic E-state index is -4.45. The average Bonchev–Trinajstić information content (AvgIpc) is 2.56. The first-order chi connectivity index (χ1) is 11.3. The normalized spacial score (nSPS) is 14.7. The number of carbonyl (C=O) groups excluding carboxylic acids is 2. The molecule has 0 spiro atoms. The Labute approximate surface area is 141 Å². The van der Waals surface area contributed by atoms with Gasteiger partial charge in [0, 0.05) is 18.1 Å². The van der Waals surface area contributed by atoms with E-state index in [0.29, 0.717) is 0 Å². The summed E-state index contributed by atoms with van der Waals surface area (Å²) in [5, 5.41) is 2.66. The number of nitrogens with one attached hydrogen (secondary N) is 1. The molecular weight excluding hydrogens is 391 g/mol. The molecule has 1 aliphatic carbocycles. The summed E-state index contributed by atoms with van der Waals surface area (Å²) < 4.78 is 37.6. The summed E-state index contributed by atoms with van der Waals surface area (Å²) >= 11 is 3.03. The van der Waals surface area contributed by atoms with Gasteiger partial charge in [-0.1, -0.05) is 0 Å². The maximum absolute atomic E-state index is 12.6. The maximum Gasteiger partial charge on any atom is 0.416 e. The Morgan fingerprint density at radius 2 is 1.46 bits per heavy atom. The summed E-state index contributed by atoms with van der Waals surface area (Å²) in [5.74, 6) is -1.11. The Morgan fingerprint density at radius 3 is 2.00 bits per heavy atom. The van der Waals surface area contributed by atoms with Crippen molar-refractivity contribution < 1.29 is 22.8 Å². The number of alkyl halides is 3. The number of halogens is 4. The number of hydrogen-bond acceptors (Lipinski definition) is 5. The summed E-state index contributed by atoms with van der Waals surface area (Å²) in [4.78, 5) is 32.3. The van der Waals surface area contributed by atoms with E-state index in [-0.39, 0.29) is 27.3 Å². The molecule has 0 bridgehead atoms. The lowest BCUT2D eigenvalue weighted by Crippen LogP contribution is -2.26. The second-order valence-electron chi connectivity index (χ2n) is 4.80. The largest absolute Gasteiger partial charge is 0.416 e. The van der Waals surface area contributed by atoms with Gasteiger partial charge < -0.3 is 5.32 Å². The molecule has 5 nitrogen and oxygen atoms in total. The van der Waals surface area contributed by atoms with E-state index < -0.39 is 23.3 Å². The highest BCUT2D eigenvalue weighted by Gasteiger charge is 2.34. The Kier molecular flexibility index (Phi) is 3.96. The van der Waals surface area contributed by atoms with Crippen molar-refractivity contribution in [1.82, 2.24) is 9.97 Å². The van der Waals surface area contributed by atoms with Gasteiger partial charge in [0.1, 0.15) is 17.1 Å². The third-order valence-electron chi connectivity index (χ3n) is 3.26. The van der Waals surface area contributed by atoms with Crippen LogP contribution in [0.25, 0.3) is 0 Å². The zero-order valence-electron chi connectivity index (χ0n) is 11.7. The van der Waals surface area contributed by atoms with Crippen LogP contribution >= 0.6 is 15.9 Å². The highest BCUT2D eigenvalue weighted by atomic mass is 79.9. The van der Waals surface area contributed by atoms with Gasteiger partial charge in [0.25, 0.3) is 0 Å². The number of Topliss-reactive ketones (excluding diaryl/α,β-unsaturated/α-hetero) is 2. The van der Waals surface area contributed by atoms with Crippen molar-refractivity contribution in [2.75, 3.05) is 5.32 Å². The van der Waals surface area contributed by atoms with E-state index in [4.69, 9.17) is 0 Å². The fourth-order valence-electron chi connectivity index (χ4n) is 2.10. The van der Waals surface area contributed by atoms with Gasteiger partial charge in [0.05, 0.1) is 10.0 Å². The van der Waals surface area contributed by atoms with E-state index in [2.05, 4.69) is 31.2 Å². The minimum absolute atomic E-state index is 0.0552. The summed E-state index contributed by atoms with van der Waals surface area (Å²) in [6.07, 6.45) is -1.89. The molecule has 122 valence electrons. The molecule has 0 aliphatic heterocycles. The van der Waals surface area contributed by atoms with Crippen LogP contribution in [0, 0.1) is 0 Å². The second-order valence-corrected chi connectivity index (χ2v) is 5.59. The summed E-state index contributed by atoms with van der Waals surface area (Å²) in [6, 6.07) is 4.08. The van der Waals surface area contributed by atoms with Crippen LogP contribution in [-0.4, -0.2) is 21.5 Å². The molecule has 2 aromatic rings. The molecule has 0 radical (unpaired) electrons. The molecule has 1 heterocycles. The monoisotopic (exact) mass is 397 g/mol. The molecule has 0 saturated heterocycles. The number of fused-ring (bicyclic) bond motifs is 1. The van der Waals surface area contributed by atoms with E-state index in [9.17, 15) is 22.8 Å². The first kappa shape index (κ1) is 16.3. The zero-order chi connectivity index (χ0) is 17.5. The SMILES string of the molecule is O=C1C(Br)=C(Nc2ccc(C(F)(F)F)cc2)C(=O)c2nccnc21. The zero-order valence-corrected chi connectivity index (χ0v) is 13.3. The van der Waals surface area contributed by atoms with E-state index in [1.54, 1.807) is 0 Å². The Bertz CT molecular complexity index is 876.